The summed E-state index contributed by atoms with van der Waals surface area (Å²) in [6, 6.07) is 8.53. The predicted molar refractivity (Wildman–Crippen MR) is 81.2 cm³/mol. The molecule has 0 saturated heterocycles. The van der Waals surface area contributed by atoms with Gasteiger partial charge in [-0.1, -0.05) is 43.2 Å². The second kappa shape index (κ2) is 9.08. The minimum atomic E-state index is 0.0865. The first-order valence-electron chi connectivity index (χ1n) is 7.32. The van der Waals surface area contributed by atoms with Gasteiger partial charge in [0.2, 0.25) is 0 Å². The molecule has 3 nitrogen and oxygen atoms in total. The summed E-state index contributed by atoms with van der Waals surface area (Å²) in [7, 11) is 0. The van der Waals surface area contributed by atoms with Crippen LogP contribution in [0.2, 0.25) is 0 Å². The molecule has 3 N–H and O–H groups in total. The van der Waals surface area contributed by atoms with Gasteiger partial charge in [-0.2, -0.15) is 0 Å². The molecule has 1 unspecified atom stereocenters. The van der Waals surface area contributed by atoms with E-state index in [0.29, 0.717) is 0 Å². The molecule has 0 bridgehead atoms. The molecule has 1 rings (SSSR count). The number of rotatable bonds is 9. The quantitative estimate of drug-likeness (QED) is 0.720. The Morgan fingerprint density at radius 3 is 2.42 bits per heavy atom. The molecule has 0 spiro atoms. The second-order valence-electron chi connectivity index (χ2n) is 5.22. The first-order chi connectivity index (χ1) is 9.17. The molecule has 1 aromatic carbocycles. The molecule has 19 heavy (non-hydrogen) atoms. The molecule has 0 heterocycles. The normalized spacial score (nSPS) is 12.9. The molecule has 108 valence electrons. The van der Waals surface area contributed by atoms with Crippen molar-refractivity contribution in [2.45, 2.75) is 39.2 Å². The molecular formula is C16H28N2O. The molecule has 0 saturated carbocycles. The van der Waals surface area contributed by atoms with Crippen molar-refractivity contribution >= 4 is 0 Å². The van der Waals surface area contributed by atoms with Gasteiger partial charge in [0.15, 0.2) is 0 Å². The number of hydrogen-bond donors (Lipinski definition) is 2. The lowest BCUT2D eigenvalue weighted by molar-refractivity contribution is 0.189. The third-order valence-corrected chi connectivity index (χ3v) is 3.51. The molecule has 1 atom stereocenters. The Hall–Kier alpha value is -0.900. The summed E-state index contributed by atoms with van der Waals surface area (Å²) in [5.41, 5.74) is 8.69. The van der Waals surface area contributed by atoms with Crippen LogP contribution >= 0.6 is 0 Å². The molecule has 0 radical (unpaired) electrons. The topological polar surface area (TPSA) is 49.5 Å². The lowest BCUT2D eigenvalue weighted by Gasteiger charge is -2.23. The molecule has 0 fully saturated rings. The molecule has 3 heteroatoms. The molecule has 0 aliphatic carbocycles. The van der Waals surface area contributed by atoms with Crippen LogP contribution < -0.4 is 5.73 Å². The highest BCUT2D eigenvalue weighted by Crippen LogP contribution is 2.15. The van der Waals surface area contributed by atoms with Crippen molar-refractivity contribution in [3.05, 3.63) is 35.4 Å². The molecular weight excluding hydrogens is 236 g/mol. The van der Waals surface area contributed by atoms with Crippen LogP contribution in [0.1, 0.15) is 43.4 Å². The third-order valence-electron chi connectivity index (χ3n) is 3.51. The van der Waals surface area contributed by atoms with Gasteiger partial charge in [-0.05, 0) is 31.9 Å². The van der Waals surface area contributed by atoms with Gasteiger partial charge in [-0.3, -0.25) is 0 Å². The van der Waals surface area contributed by atoms with E-state index >= 15 is 0 Å². The third kappa shape index (κ3) is 6.19. The largest absolute Gasteiger partial charge is 0.395 e. The Kier molecular flexibility index (Phi) is 7.72. The van der Waals surface area contributed by atoms with Gasteiger partial charge in [0.1, 0.15) is 0 Å². The van der Waals surface area contributed by atoms with E-state index in [1.165, 1.54) is 24.0 Å². The maximum Gasteiger partial charge on any atom is 0.0558 e. The fourth-order valence-electron chi connectivity index (χ4n) is 2.16. The van der Waals surface area contributed by atoms with Crippen molar-refractivity contribution in [1.29, 1.82) is 0 Å². The lowest BCUT2D eigenvalue weighted by atomic mass is 10.0. The van der Waals surface area contributed by atoms with Gasteiger partial charge < -0.3 is 15.7 Å². The smallest absolute Gasteiger partial charge is 0.0558 e. The van der Waals surface area contributed by atoms with Crippen molar-refractivity contribution in [1.82, 2.24) is 4.90 Å². The maximum absolute atomic E-state index is 9.08. The molecule has 1 aromatic rings. The summed E-state index contributed by atoms with van der Waals surface area (Å²) in [6.07, 6.45) is 3.30. The van der Waals surface area contributed by atoms with Crippen LogP contribution in [0.5, 0.6) is 0 Å². The van der Waals surface area contributed by atoms with E-state index in [-0.39, 0.29) is 12.6 Å². The molecule has 0 aliphatic heterocycles. The molecule has 0 aromatic heterocycles. The zero-order chi connectivity index (χ0) is 14.1. The first kappa shape index (κ1) is 16.2. The Bertz CT molecular complexity index is 337. The molecule has 0 amide bonds. The first-order valence-corrected chi connectivity index (χ1v) is 7.32. The fraction of sp³-hybridized carbons (Fsp3) is 0.625. The van der Waals surface area contributed by atoms with Gasteiger partial charge in [0.05, 0.1) is 6.61 Å². The predicted octanol–water partition coefficient (Wildman–Crippen LogP) is 2.48. The minimum Gasteiger partial charge on any atom is -0.395 e. The van der Waals surface area contributed by atoms with Gasteiger partial charge >= 0.3 is 0 Å². The van der Waals surface area contributed by atoms with E-state index in [9.17, 15) is 0 Å². The highest BCUT2D eigenvalue weighted by atomic mass is 16.3. The average molecular weight is 264 g/mol. The Morgan fingerprint density at radius 1 is 1.16 bits per heavy atom. The Morgan fingerprint density at radius 2 is 1.84 bits per heavy atom. The van der Waals surface area contributed by atoms with Crippen LogP contribution in [0.15, 0.2) is 24.3 Å². The minimum absolute atomic E-state index is 0.0865. The van der Waals surface area contributed by atoms with Crippen molar-refractivity contribution in [2.24, 2.45) is 5.73 Å². The van der Waals surface area contributed by atoms with Crippen LogP contribution in [0.25, 0.3) is 0 Å². The number of nitrogens with zero attached hydrogens (tertiary/aromatic N) is 1. The SMILES string of the molecule is CCCCN(CCO)CCC(N)c1ccc(C)cc1. The number of aliphatic hydroxyl groups excluding tert-OH is 1. The van der Waals surface area contributed by atoms with Crippen LogP contribution in [0.4, 0.5) is 0 Å². The number of aliphatic hydroxyl groups is 1. The van der Waals surface area contributed by atoms with E-state index in [4.69, 9.17) is 10.8 Å². The highest BCUT2D eigenvalue weighted by molar-refractivity contribution is 5.23. The van der Waals surface area contributed by atoms with E-state index < -0.39 is 0 Å². The lowest BCUT2D eigenvalue weighted by Crippen LogP contribution is -2.31. The van der Waals surface area contributed by atoms with Crippen molar-refractivity contribution in [3.63, 3.8) is 0 Å². The van der Waals surface area contributed by atoms with E-state index in [0.717, 1.165) is 26.1 Å². The fourth-order valence-corrected chi connectivity index (χ4v) is 2.16. The zero-order valence-electron chi connectivity index (χ0n) is 12.3. The monoisotopic (exact) mass is 264 g/mol. The average Bonchev–Trinajstić information content (AvgIpc) is 2.42. The van der Waals surface area contributed by atoms with Gasteiger partial charge in [0.25, 0.3) is 0 Å². The van der Waals surface area contributed by atoms with Crippen LogP contribution in [0, 0.1) is 6.92 Å². The van der Waals surface area contributed by atoms with Crippen molar-refractivity contribution in [2.75, 3.05) is 26.2 Å². The number of nitrogens with two attached hydrogens (primary N) is 1. The Labute approximate surface area is 117 Å². The van der Waals surface area contributed by atoms with Crippen molar-refractivity contribution in [3.8, 4) is 0 Å². The zero-order valence-corrected chi connectivity index (χ0v) is 12.3. The van der Waals surface area contributed by atoms with Crippen LogP contribution in [0.3, 0.4) is 0 Å². The number of hydrogen-bond acceptors (Lipinski definition) is 3. The van der Waals surface area contributed by atoms with E-state index in [1.54, 1.807) is 0 Å². The number of benzene rings is 1. The summed E-state index contributed by atoms with van der Waals surface area (Å²) in [6.45, 7) is 7.26. The summed E-state index contributed by atoms with van der Waals surface area (Å²) in [5, 5.41) is 9.08. The van der Waals surface area contributed by atoms with Crippen molar-refractivity contribution < 1.29 is 5.11 Å². The van der Waals surface area contributed by atoms with Crippen LogP contribution in [-0.2, 0) is 0 Å². The highest BCUT2D eigenvalue weighted by Gasteiger charge is 2.09. The van der Waals surface area contributed by atoms with Gasteiger partial charge in [0, 0.05) is 19.1 Å². The number of aryl methyl sites for hydroxylation is 1. The second-order valence-corrected chi connectivity index (χ2v) is 5.22. The maximum atomic E-state index is 9.08. The standard InChI is InChI=1S/C16H28N2O/c1-3-4-10-18(12-13-19)11-9-16(17)15-7-5-14(2)6-8-15/h5-8,16,19H,3-4,9-13,17H2,1-2H3. The van der Waals surface area contributed by atoms with E-state index in [2.05, 4.69) is 43.0 Å². The van der Waals surface area contributed by atoms with Gasteiger partial charge in [-0.25, -0.2) is 0 Å². The summed E-state index contributed by atoms with van der Waals surface area (Å²) in [5.74, 6) is 0. The summed E-state index contributed by atoms with van der Waals surface area (Å²) >= 11 is 0. The number of unbranched alkanes of at least 4 members (excludes halogenated alkanes) is 1. The molecule has 0 aliphatic rings. The Balaban J connectivity index is 2.41. The van der Waals surface area contributed by atoms with E-state index in [1.807, 2.05) is 0 Å². The summed E-state index contributed by atoms with van der Waals surface area (Å²) < 4.78 is 0. The summed E-state index contributed by atoms with van der Waals surface area (Å²) in [4.78, 5) is 2.30. The van der Waals surface area contributed by atoms with Crippen LogP contribution in [-0.4, -0.2) is 36.2 Å². The van der Waals surface area contributed by atoms with Gasteiger partial charge in [-0.15, -0.1) is 0 Å².